The van der Waals surface area contributed by atoms with Crippen LogP contribution in [0.15, 0.2) is 24.3 Å². The molecule has 27 heavy (non-hydrogen) atoms. The molecule has 4 rings (SSSR count). The lowest BCUT2D eigenvalue weighted by molar-refractivity contribution is -0.139. The molecule has 0 saturated heterocycles. The quantitative estimate of drug-likeness (QED) is 0.781. The number of carbonyl (C=O) groups excluding carboxylic acids is 1. The van der Waals surface area contributed by atoms with Gasteiger partial charge >= 0.3 is 0 Å². The first-order valence-corrected chi connectivity index (χ1v) is 10.8. The van der Waals surface area contributed by atoms with Crippen LogP contribution in [0.3, 0.4) is 0 Å². The van der Waals surface area contributed by atoms with E-state index in [2.05, 4.69) is 41.1 Å². The molecule has 1 aromatic carbocycles. The number of likely N-dealkylation sites (N-methyl/N-ethyl adjacent to an activating group) is 1. The summed E-state index contributed by atoms with van der Waals surface area (Å²) in [6, 6.07) is 8.82. The van der Waals surface area contributed by atoms with Crippen LogP contribution in [0.5, 0.6) is 5.75 Å². The molecule has 2 saturated carbocycles. The van der Waals surface area contributed by atoms with Gasteiger partial charge in [-0.2, -0.15) is 0 Å². The van der Waals surface area contributed by atoms with Crippen molar-refractivity contribution in [2.45, 2.75) is 76.0 Å². The highest BCUT2D eigenvalue weighted by Crippen LogP contribution is 2.39. The van der Waals surface area contributed by atoms with Crippen molar-refractivity contribution in [2.24, 2.45) is 5.92 Å². The maximum absolute atomic E-state index is 12.9. The Bertz CT molecular complexity index is 660. The van der Waals surface area contributed by atoms with Gasteiger partial charge in [0.05, 0.1) is 0 Å². The summed E-state index contributed by atoms with van der Waals surface area (Å²) in [6.45, 7) is 1.91. The van der Waals surface area contributed by atoms with Crippen LogP contribution in [0.25, 0.3) is 0 Å². The molecule has 0 radical (unpaired) electrons. The van der Waals surface area contributed by atoms with Gasteiger partial charge in [-0.15, -0.1) is 0 Å². The van der Waals surface area contributed by atoms with E-state index in [0.717, 1.165) is 57.4 Å². The zero-order valence-corrected chi connectivity index (χ0v) is 17.0. The first-order valence-electron chi connectivity index (χ1n) is 10.8. The number of hydrogen-bond acceptors (Lipinski definition) is 3. The van der Waals surface area contributed by atoms with E-state index in [1.54, 1.807) is 0 Å². The number of fused-ring (bicyclic) bond motifs is 1. The van der Waals surface area contributed by atoms with E-state index in [-0.39, 0.29) is 11.5 Å². The number of nitrogens with zero attached hydrogens (tertiary/aromatic N) is 2. The van der Waals surface area contributed by atoms with Crippen molar-refractivity contribution in [3.63, 3.8) is 0 Å². The summed E-state index contributed by atoms with van der Waals surface area (Å²) in [7, 11) is 4.23. The molecular weight excluding hydrogens is 336 g/mol. The highest BCUT2D eigenvalue weighted by atomic mass is 16.5. The Morgan fingerprint density at radius 2 is 1.81 bits per heavy atom. The van der Waals surface area contributed by atoms with Crippen molar-refractivity contribution in [3.8, 4) is 5.75 Å². The average Bonchev–Trinajstić information content (AvgIpc) is 2.83. The Hall–Kier alpha value is -1.55. The molecule has 1 amide bonds. The fourth-order valence-corrected chi connectivity index (χ4v) is 5.43. The lowest BCUT2D eigenvalue weighted by Gasteiger charge is -2.43. The number of ether oxygens (including phenoxy) is 1. The van der Waals surface area contributed by atoms with Gasteiger partial charge in [0.1, 0.15) is 11.4 Å². The van der Waals surface area contributed by atoms with Gasteiger partial charge in [-0.3, -0.25) is 9.69 Å². The smallest absolute Gasteiger partial charge is 0.225 e. The summed E-state index contributed by atoms with van der Waals surface area (Å²) in [5.41, 5.74) is 1.18. The molecule has 2 fully saturated rings. The van der Waals surface area contributed by atoms with Gasteiger partial charge in [0, 0.05) is 37.7 Å². The van der Waals surface area contributed by atoms with Gasteiger partial charge in [-0.1, -0.05) is 37.5 Å². The number of hydrogen-bond donors (Lipinski definition) is 0. The monoisotopic (exact) mass is 370 g/mol. The van der Waals surface area contributed by atoms with Gasteiger partial charge in [-0.25, -0.2) is 0 Å². The Balaban J connectivity index is 1.41. The van der Waals surface area contributed by atoms with Crippen molar-refractivity contribution in [1.29, 1.82) is 0 Å². The van der Waals surface area contributed by atoms with Gasteiger partial charge in [0.2, 0.25) is 5.91 Å². The number of amides is 1. The van der Waals surface area contributed by atoms with E-state index < -0.39 is 0 Å². The number of para-hydroxylation sites is 1. The molecule has 4 heteroatoms. The summed E-state index contributed by atoms with van der Waals surface area (Å²) in [5.74, 6) is 1.71. The maximum atomic E-state index is 12.9. The van der Waals surface area contributed by atoms with Crippen molar-refractivity contribution >= 4 is 5.91 Å². The number of benzene rings is 1. The van der Waals surface area contributed by atoms with Crippen LogP contribution in [-0.4, -0.2) is 48.0 Å². The summed E-state index contributed by atoms with van der Waals surface area (Å²) in [5, 5.41) is 0. The second-order valence-corrected chi connectivity index (χ2v) is 9.08. The Kier molecular flexibility index (Phi) is 5.45. The van der Waals surface area contributed by atoms with Gasteiger partial charge in [0.25, 0.3) is 0 Å². The van der Waals surface area contributed by atoms with Crippen molar-refractivity contribution in [1.82, 2.24) is 9.80 Å². The van der Waals surface area contributed by atoms with Gasteiger partial charge < -0.3 is 9.64 Å². The van der Waals surface area contributed by atoms with Crippen LogP contribution in [0.1, 0.15) is 63.4 Å². The highest BCUT2D eigenvalue weighted by molar-refractivity contribution is 5.79. The third-order valence-corrected chi connectivity index (χ3v) is 7.01. The molecule has 3 aliphatic rings. The molecule has 2 aliphatic carbocycles. The molecule has 148 valence electrons. The Morgan fingerprint density at radius 1 is 1.11 bits per heavy atom. The van der Waals surface area contributed by atoms with Crippen molar-refractivity contribution in [3.05, 3.63) is 29.8 Å². The summed E-state index contributed by atoms with van der Waals surface area (Å²) >= 11 is 0. The molecule has 0 aromatic heterocycles. The second kappa shape index (κ2) is 7.83. The van der Waals surface area contributed by atoms with E-state index in [4.69, 9.17) is 4.74 Å². The Labute approximate surface area is 163 Å². The van der Waals surface area contributed by atoms with Crippen molar-refractivity contribution in [2.75, 3.05) is 20.6 Å². The largest absolute Gasteiger partial charge is 0.486 e. The molecule has 1 aliphatic heterocycles. The molecule has 0 N–H and O–H groups in total. The lowest BCUT2D eigenvalue weighted by atomic mass is 9.80. The van der Waals surface area contributed by atoms with Crippen molar-refractivity contribution < 1.29 is 9.53 Å². The van der Waals surface area contributed by atoms with Crippen LogP contribution < -0.4 is 4.74 Å². The second-order valence-electron chi connectivity index (χ2n) is 9.08. The predicted octanol–water partition coefficient (Wildman–Crippen LogP) is 4.23. The summed E-state index contributed by atoms with van der Waals surface area (Å²) in [6.07, 6.45) is 10.1. The zero-order chi connectivity index (χ0) is 18.9. The van der Waals surface area contributed by atoms with E-state index in [9.17, 15) is 4.79 Å². The molecule has 0 atom stereocenters. The first kappa shape index (κ1) is 18.8. The maximum Gasteiger partial charge on any atom is 0.225 e. The number of rotatable bonds is 2. The normalized spacial score (nSPS) is 29.6. The van der Waals surface area contributed by atoms with Crippen LogP contribution >= 0.6 is 0 Å². The van der Waals surface area contributed by atoms with Crippen LogP contribution in [0, 0.1) is 5.92 Å². The molecule has 1 spiro atoms. The molecule has 1 heterocycles. The fraction of sp³-hybridized carbons (Fsp3) is 0.696. The topological polar surface area (TPSA) is 32.8 Å². The molecule has 4 nitrogen and oxygen atoms in total. The minimum absolute atomic E-state index is 0.105. The average molecular weight is 371 g/mol. The van der Waals surface area contributed by atoms with Crippen LogP contribution in [0.4, 0.5) is 0 Å². The summed E-state index contributed by atoms with van der Waals surface area (Å²) < 4.78 is 6.62. The van der Waals surface area contributed by atoms with Gasteiger partial charge in [0.15, 0.2) is 0 Å². The van der Waals surface area contributed by atoms with E-state index in [0.29, 0.717) is 11.9 Å². The molecule has 1 aromatic rings. The summed E-state index contributed by atoms with van der Waals surface area (Å²) in [4.78, 5) is 17.4. The Morgan fingerprint density at radius 3 is 2.56 bits per heavy atom. The third-order valence-electron chi connectivity index (χ3n) is 7.01. The highest BCUT2D eigenvalue weighted by Gasteiger charge is 2.42. The molecular formula is C23H34N2O2. The first-order chi connectivity index (χ1) is 13.1. The number of carbonyl (C=O) groups is 1. The minimum Gasteiger partial charge on any atom is -0.486 e. The standard InChI is InChI=1S/C23H34N2O2/c1-24-16-19-10-6-7-11-21(19)27-23(17-24)14-12-20(13-15-23)25(2)22(26)18-8-4-3-5-9-18/h6-7,10-11,18,20H,3-5,8-9,12-17H2,1-2H3. The molecule has 0 unspecified atom stereocenters. The third kappa shape index (κ3) is 4.01. The predicted molar refractivity (Wildman–Crippen MR) is 108 cm³/mol. The fourth-order valence-electron chi connectivity index (χ4n) is 5.43. The SMILES string of the molecule is CN1Cc2ccccc2OC2(CCC(N(C)C(=O)C3CCCCC3)CC2)C1. The lowest BCUT2D eigenvalue weighted by Crippen LogP contribution is -2.51. The van der Waals surface area contributed by atoms with E-state index in [1.165, 1.54) is 24.8 Å². The van der Waals surface area contributed by atoms with Crippen LogP contribution in [-0.2, 0) is 11.3 Å². The van der Waals surface area contributed by atoms with E-state index >= 15 is 0 Å². The van der Waals surface area contributed by atoms with Gasteiger partial charge in [-0.05, 0) is 51.6 Å². The molecule has 0 bridgehead atoms. The van der Waals surface area contributed by atoms with Crippen LogP contribution in [0.2, 0.25) is 0 Å². The van der Waals surface area contributed by atoms with E-state index in [1.807, 2.05) is 7.05 Å². The minimum atomic E-state index is -0.105. The zero-order valence-electron chi connectivity index (χ0n) is 17.0.